The molecule has 0 aliphatic rings. The van der Waals surface area contributed by atoms with Crippen molar-refractivity contribution < 1.29 is 4.79 Å². The number of carbonyl (C=O) groups is 1. The van der Waals surface area contributed by atoms with E-state index in [1.54, 1.807) is 10.7 Å². The summed E-state index contributed by atoms with van der Waals surface area (Å²) in [5, 5.41) is 11.3. The van der Waals surface area contributed by atoms with E-state index in [9.17, 15) is 9.59 Å². The number of anilines is 1. The van der Waals surface area contributed by atoms with E-state index in [4.69, 9.17) is 28.3 Å². The third-order valence-electron chi connectivity index (χ3n) is 4.88. The van der Waals surface area contributed by atoms with Crippen LogP contribution in [0.3, 0.4) is 0 Å². The molecule has 0 saturated carbocycles. The lowest BCUT2D eigenvalue weighted by molar-refractivity contribution is -0.117. The van der Waals surface area contributed by atoms with Crippen LogP contribution in [0.25, 0.3) is 16.9 Å². The number of nitrogens with one attached hydrogen (secondary N) is 1. The lowest BCUT2D eigenvalue weighted by atomic mass is 10.0. The van der Waals surface area contributed by atoms with Crippen LogP contribution in [0, 0.1) is 13.8 Å². The molecule has 0 aliphatic heterocycles. The smallest absolute Gasteiger partial charge is 0.287 e. The average Bonchev–Trinajstić information content (AvgIpc) is 3.20. The van der Waals surface area contributed by atoms with Crippen LogP contribution >= 0.6 is 23.2 Å². The van der Waals surface area contributed by atoms with Gasteiger partial charge in [0.25, 0.3) is 5.56 Å². The number of nitrogens with zero attached hydrogens (tertiary/aromatic N) is 4. The van der Waals surface area contributed by atoms with Gasteiger partial charge in [-0.1, -0.05) is 59.1 Å². The molecule has 0 fully saturated rings. The maximum atomic E-state index is 12.8. The SMILES string of the molecule is Cc1ccc(C)c(-c2cc(NC(=O)Cn3ncc(Cl)c(Cl)c3=O)n(-c3ccccc3)n2)c1. The Hall–Kier alpha value is -3.42. The van der Waals surface area contributed by atoms with E-state index in [-0.39, 0.29) is 16.6 Å². The van der Waals surface area contributed by atoms with Crippen molar-refractivity contribution in [2.24, 2.45) is 0 Å². The molecule has 0 aliphatic carbocycles. The highest BCUT2D eigenvalue weighted by Crippen LogP contribution is 2.28. The zero-order valence-electron chi connectivity index (χ0n) is 17.3. The molecule has 1 amide bonds. The molecule has 0 bridgehead atoms. The molecule has 0 spiro atoms. The van der Waals surface area contributed by atoms with E-state index < -0.39 is 11.5 Å². The second kappa shape index (κ2) is 8.98. The van der Waals surface area contributed by atoms with Crippen molar-refractivity contribution in [3.8, 4) is 16.9 Å². The van der Waals surface area contributed by atoms with Crippen molar-refractivity contribution in [2.75, 3.05) is 5.32 Å². The van der Waals surface area contributed by atoms with Gasteiger partial charge in [0.2, 0.25) is 5.91 Å². The fraction of sp³-hybridized carbons (Fsp3) is 0.130. The van der Waals surface area contributed by atoms with Crippen molar-refractivity contribution in [2.45, 2.75) is 20.4 Å². The topological polar surface area (TPSA) is 81.8 Å². The molecule has 0 radical (unpaired) electrons. The molecule has 2 aromatic heterocycles. The number of aryl methyl sites for hydroxylation is 2. The van der Waals surface area contributed by atoms with E-state index in [1.165, 1.54) is 6.20 Å². The minimum Gasteiger partial charge on any atom is -0.309 e. The number of carbonyl (C=O) groups excluding carboxylic acids is 1. The Bertz CT molecular complexity index is 1360. The molecule has 7 nitrogen and oxygen atoms in total. The summed E-state index contributed by atoms with van der Waals surface area (Å²) < 4.78 is 2.61. The van der Waals surface area contributed by atoms with Crippen molar-refractivity contribution >= 4 is 34.9 Å². The number of aromatic nitrogens is 4. The monoisotopic (exact) mass is 467 g/mol. The van der Waals surface area contributed by atoms with Gasteiger partial charge in [-0.2, -0.15) is 10.2 Å². The minimum atomic E-state index is -0.637. The van der Waals surface area contributed by atoms with Crippen LogP contribution in [0.1, 0.15) is 11.1 Å². The molecule has 1 N–H and O–H groups in total. The average molecular weight is 468 g/mol. The zero-order valence-corrected chi connectivity index (χ0v) is 18.9. The molecular weight excluding hydrogens is 449 g/mol. The fourth-order valence-corrected chi connectivity index (χ4v) is 3.53. The van der Waals surface area contributed by atoms with Crippen LogP contribution in [0.4, 0.5) is 5.82 Å². The summed E-state index contributed by atoms with van der Waals surface area (Å²) in [5.41, 5.74) is 4.01. The van der Waals surface area contributed by atoms with Gasteiger partial charge in [0.05, 0.1) is 22.6 Å². The molecule has 9 heteroatoms. The first kappa shape index (κ1) is 21.8. The van der Waals surface area contributed by atoms with Gasteiger partial charge >= 0.3 is 0 Å². The van der Waals surface area contributed by atoms with E-state index in [2.05, 4.69) is 16.5 Å². The van der Waals surface area contributed by atoms with Crippen LogP contribution in [0.5, 0.6) is 0 Å². The predicted octanol–water partition coefficient (Wildman–Crippen LogP) is 4.66. The summed E-state index contributed by atoms with van der Waals surface area (Å²) in [6.45, 7) is 3.70. The van der Waals surface area contributed by atoms with Crippen molar-refractivity contribution in [1.29, 1.82) is 0 Å². The van der Waals surface area contributed by atoms with Crippen LogP contribution < -0.4 is 10.9 Å². The van der Waals surface area contributed by atoms with Crippen molar-refractivity contribution in [3.63, 3.8) is 0 Å². The third-order valence-corrected chi connectivity index (χ3v) is 5.63. The Labute approximate surface area is 194 Å². The number of hydrogen-bond donors (Lipinski definition) is 1. The standard InChI is InChI=1S/C23H19Cl2N5O2/c1-14-8-9-15(2)17(10-14)19-11-20(30(28-19)16-6-4-3-5-7-16)27-21(31)13-29-23(32)22(25)18(24)12-26-29/h3-12H,13H2,1-2H3,(H,27,31). The van der Waals surface area contributed by atoms with Crippen LogP contribution in [0.2, 0.25) is 10.0 Å². The molecule has 0 atom stereocenters. The van der Waals surface area contributed by atoms with Crippen LogP contribution in [-0.2, 0) is 11.3 Å². The molecule has 162 valence electrons. The van der Waals surface area contributed by atoms with E-state index in [1.807, 2.05) is 56.3 Å². The predicted molar refractivity (Wildman–Crippen MR) is 126 cm³/mol. The number of hydrogen-bond acceptors (Lipinski definition) is 4. The minimum absolute atomic E-state index is 0.0358. The quantitative estimate of drug-likeness (QED) is 0.462. The van der Waals surface area contributed by atoms with Gasteiger partial charge in [0, 0.05) is 11.6 Å². The molecule has 4 aromatic rings. The first-order chi connectivity index (χ1) is 15.3. The molecule has 0 unspecified atom stereocenters. The number of para-hydroxylation sites is 1. The van der Waals surface area contributed by atoms with Gasteiger partial charge in [0.15, 0.2) is 0 Å². The Morgan fingerprint density at radius 3 is 2.56 bits per heavy atom. The van der Waals surface area contributed by atoms with E-state index >= 15 is 0 Å². The number of benzene rings is 2. The molecule has 0 saturated heterocycles. The van der Waals surface area contributed by atoms with Gasteiger partial charge in [-0.15, -0.1) is 0 Å². The molecule has 2 aromatic carbocycles. The van der Waals surface area contributed by atoms with E-state index in [0.29, 0.717) is 5.82 Å². The Morgan fingerprint density at radius 2 is 1.81 bits per heavy atom. The first-order valence-corrected chi connectivity index (χ1v) is 10.5. The first-order valence-electron chi connectivity index (χ1n) is 9.77. The van der Waals surface area contributed by atoms with Gasteiger partial charge in [-0.3, -0.25) is 9.59 Å². The summed E-state index contributed by atoms with van der Waals surface area (Å²) in [6.07, 6.45) is 1.23. The molecular formula is C23H19Cl2N5O2. The van der Waals surface area contributed by atoms with Crippen LogP contribution in [0.15, 0.2) is 65.6 Å². The molecule has 32 heavy (non-hydrogen) atoms. The molecule has 4 rings (SSSR count). The summed E-state index contributed by atoms with van der Waals surface area (Å²) in [6, 6.07) is 17.4. The summed E-state index contributed by atoms with van der Waals surface area (Å²) in [7, 11) is 0. The second-order valence-corrected chi connectivity index (χ2v) is 8.08. The van der Waals surface area contributed by atoms with Gasteiger partial charge in [-0.25, -0.2) is 9.36 Å². The second-order valence-electron chi connectivity index (χ2n) is 7.30. The van der Waals surface area contributed by atoms with Crippen molar-refractivity contribution in [1.82, 2.24) is 19.6 Å². The third kappa shape index (κ3) is 4.44. The highest BCUT2D eigenvalue weighted by atomic mass is 35.5. The Balaban J connectivity index is 1.70. The van der Waals surface area contributed by atoms with Gasteiger partial charge in [0.1, 0.15) is 17.4 Å². The highest BCUT2D eigenvalue weighted by molar-refractivity contribution is 6.41. The van der Waals surface area contributed by atoms with Crippen LogP contribution in [-0.4, -0.2) is 25.5 Å². The largest absolute Gasteiger partial charge is 0.309 e. The lowest BCUT2D eigenvalue weighted by Crippen LogP contribution is -2.30. The van der Waals surface area contributed by atoms with Crippen molar-refractivity contribution in [3.05, 3.63) is 92.3 Å². The fourth-order valence-electron chi connectivity index (χ4n) is 3.26. The maximum absolute atomic E-state index is 12.8. The highest BCUT2D eigenvalue weighted by Gasteiger charge is 2.17. The number of rotatable bonds is 5. The maximum Gasteiger partial charge on any atom is 0.287 e. The summed E-state index contributed by atoms with van der Waals surface area (Å²) >= 11 is 11.7. The van der Waals surface area contributed by atoms with E-state index in [0.717, 1.165) is 32.8 Å². The number of amides is 1. The normalized spacial score (nSPS) is 10.9. The number of halogens is 2. The summed E-state index contributed by atoms with van der Waals surface area (Å²) in [5.74, 6) is 0.00722. The Kier molecular flexibility index (Phi) is 6.12. The lowest BCUT2D eigenvalue weighted by Gasteiger charge is -2.09. The van der Waals surface area contributed by atoms with Gasteiger partial charge in [-0.05, 0) is 37.6 Å². The zero-order chi connectivity index (χ0) is 22.8. The Morgan fingerprint density at radius 1 is 1.06 bits per heavy atom. The summed E-state index contributed by atoms with van der Waals surface area (Å²) in [4.78, 5) is 25.0. The molecule has 2 heterocycles. The van der Waals surface area contributed by atoms with Gasteiger partial charge < -0.3 is 5.32 Å².